The number of hydrogen-bond donors (Lipinski definition) is 1. The summed E-state index contributed by atoms with van der Waals surface area (Å²) in [5.41, 5.74) is 2.57. The van der Waals surface area contributed by atoms with Gasteiger partial charge >= 0.3 is 12.1 Å². The van der Waals surface area contributed by atoms with Gasteiger partial charge in [0.05, 0.1) is 42.4 Å². The normalized spacial score (nSPS) is 12.8. The number of benzene rings is 2. The van der Waals surface area contributed by atoms with Crippen LogP contribution in [0.3, 0.4) is 0 Å². The SMILES string of the molecule is CCOC(=O)c1cc(NCCN(CC(O[Si](C)(C)C(C)(C)C)c2cccc(Cl)c2)C(=O)OC(C)(C)C)cnc1-c1ccccc1. The lowest BCUT2D eigenvalue weighted by Crippen LogP contribution is -2.46. The second-order valence-electron chi connectivity index (χ2n) is 13.5. The first-order valence-corrected chi connectivity index (χ1v) is 18.7. The Morgan fingerprint density at radius 3 is 2.29 bits per heavy atom. The molecule has 0 saturated carbocycles. The molecule has 0 aliphatic heterocycles. The van der Waals surface area contributed by atoms with E-state index in [1.54, 1.807) is 24.1 Å². The van der Waals surface area contributed by atoms with Gasteiger partial charge in [-0.25, -0.2) is 9.59 Å². The van der Waals surface area contributed by atoms with Gasteiger partial charge in [-0.1, -0.05) is 74.8 Å². The number of halogens is 1. The van der Waals surface area contributed by atoms with Gasteiger partial charge in [0.1, 0.15) is 5.60 Å². The summed E-state index contributed by atoms with van der Waals surface area (Å²) in [6.07, 6.45) is 0.817. The number of carbonyl (C=O) groups excluding carboxylic acids is 2. The number of amides is 1. The number of esters is 1. The summed E-state index contributed by atoms with van der Waals surface area (Å²) in [5.74, 6) is -0.449. The Morgan fingerprint density at radius 1 is 1.00 bits per heavy atom. The zero-order valence-corrected chi connectivity index (χ0v) is 29.8. The number of nitrogens with zero attached hydrogens (tertiary/aromatic N) is 2. The van der Waals surface area contributed by atoms with Crippen molar-refractivity contribution in [1.82, 2.24) is 9.88 Å². The van der Waals surface area contributed by atoms with Crippen LogP contribution in [-0.2, 0) is 13.9 Å². The molecule has 3 rings (SSSR count). The van der Waals surface area contributed by atoms with Gasteiger partial charge in [0.2, 0.25) is 0 Å². The molecule has 0 aliphatic carbocycles. The van der Waals surface area contributed by atoms with E-state index in [-0.39, 0.29) is 18.2 Å². The second kappa shape index (κ2) is 15.3. The number of anilines is 1. The molecule has 1 N–H and O–H groups in total. The molecule has 1 unspecified atom stereocenters. The fraction of sp³-hybridized carbons (Fsp3) is 0.457. The average Bonchev–Trinajstić information content (AvgIpc) is 2.95. The molecule has 0 fully saturated rings. The molecule has 0 radical (unpaired) electrons. The van der Waals surface area contributed by atoms with Crippen molar-refractivity contribution in [3.05, 3.63) is 83.0 Å². The van der Waals surface area contributed by atoms with Crippen molar-refractivity contribution in [2.45, 2.75) is 78.3 Å². The molecular weight excluding hydrogens is 606 g/mol. The van der Waals surface area contributed by atoms with Crippen molar-refractivity contribution in [2.24, 2.45) is 0 Å². The average molecular weight is 654 g/mol. The third kappa shape index (κ3) is 10.6. The van der Waals surface area contributed by atoms with Crippen LogP contribution in [0.2, 0.25) is 23.2 Å². The topological polar surface area (TPSA) is 90.0 Å². The van der Waals surface area contributed by atoms with Gasteiger partial charge in [0.15, 0.2) is 8.32 Å². The van der Waals surface area contributed by atoms with Gasteiger partial charge in [-0.2, -0.15) is 0 Å². The molecule has 1 aromatic heterocycles. The third-order valence-corrected chi connectivity index (χ3v) is 12.4. The van der Waals surface area contributed by atoms with Gasteiger partial charge in [0.25, 0.3) is 0 Å². The van der Waals surface area contributed by atoms with Crippen LogP contribution in [-0.4, -0.2) is 62.1 Å². The van der Waals surface area contributed by atoms with Crippen molar-refractivity contribution >= 4 is 37.7 Å². The molecule has 0 spiro atoms. The van der Waals surface area contributed by atoms with E-state index in [4.69, 9.17) is 25.5 Å². The summed E-state index contributed by atoms with van der Waals surface area (Å²) in [6.45, 7) is 19.4. The predicted octanol–water partition coefficient (Wildman–Crippen LogP) is 8.99. The molecule has 10 heteroatoms. The van der Waals surface area contributed by atoms with E-state index in [0.717, 1.165) is 11.1 Å². The maximum Gasteiger partial charge on any atom is 0.410 e. The zero-order valence-electron chi connectivity index (χ0n) is 28.1. The largest absolute Gasteiger partial charge is 0.462 e. The fourth-order valence-electron chi connectivity index (χ4n) is 4.32. The molecule has 0 aliphatic rings. The Balaban J connectivity index is 1.89. The Kier molecular flexibility index (Phi) is 12.2. The first kappa shape index (κ1) is 36.1. The van der Waals surface area contributed by atoms with E-state index >= 15 is 0 Å². The van der Waals surface area contributed by atoms with Crippen LogP contribution >= 0.6 is 11.6 Å². The molecule has 0 saturated heterocycles. The van der Waals surface area contributed by atoms with E-state index in [9.17, 15) is 9.59 Å². The summed E-state index contributed by atoms with van der Waals surface area (Å²) in [7, 11) is -2.25. The van der Waals surface area contributed by atoms with E-state index < -0.39 is 32.1 Å². The molecule has 3 aromatic rings. The first-order chi connectivity index (χ1) is 21.0. The monoisotopic (exact) mass is 653 g/mol. The maximum absolute atomic E-state index is 13.5. The highest BCUT2D eigenvalue weighted by Crippen LogP contribution is 2.40. The van der Waals surface area contributed by atoms with Crippen LogP contribution in [0.4, 0.5) is 10.5 Å². The predicted molar refractivity (Wildman–Crippen MR) is 184 cm³/mol. The highest BCUT2D eigenvalue weighted by atomic mass is 35.5. The Morgan fingerprint density at radius 2 is 1.69 bits per heavy atom. The minimum Gasteiger partial charge on any atom is -0.462 e. The molecule has 2 aromatic carbocycles. The van der Waals surface area contributed by atoms with Crippen LogP contribution in [0.15, 0.2) is 66.9 Å². The number of ether oxygens (including phenoxy) is 2. The molecule has 1 atom stereocenters. The fourth-order valence-corrected chi connectivity index (χ4v) is 5.80. The van der Waals surface area contributed by atoms with Crippen LogP contribution in [0.1, 0.15) is 70.5 Å². The molecule has 8 nitrogen and oxygen atoms in total. The Bertz CT molecular complexity index is 1440. The third-order valence-electron chi connectivity index (χ3n) is 7.64. The molecular formula is C35H48ClN3O5Si. The lowest BCUT2D eigenvalue weighted by atomic mass is 10.1. The minimum atomic E-state index is -2.25. The molecule has 244 valence electrons. The Labute approximate surface area is 274 Å². The summed E-state index contributed by atoms with van der Waals surface area (Å²) < 4.78 is 18.0. The number of hydrogen-bond acceptors (Lipinski definition) is 7. The van der Waals surface area contributed by atoms with Crippen molar-refractivity contribution in [3.8, 4) is 11.3 Å². The van der Waals surface area contributed by atoms with E-state index in [1.165, 1.54) is 0 Å². The number of nitrogens with one attached hydrogen (secondary N) is 1. The first-order valence-electron chi connectivity index (χ1n) is 15.4. The number of aromatic nitrogens is 1. The standard InChI is InChI=1S/C35H48ClN3O5Si/c1-10-42-32(40)29-22-28(23-38-31(29)25-15-12-11-13-16-25)37-19-20-39(33(41)43-34(2,3)4)24-30(26-17-14-18-27(36)21-26)44-45(8,9)35(5,6)7/h11-18,21-23,30,37H,10,19-20,24H2,1-9H3. The van der Waals surface area contributed by atoms with Crippen molar-refractivity contribution < 1.29 is 23.5 Å². The molecule has 45 heavy (non-hydrogen) atoms. The van der Waals surface area contributed by atoms with Gasteiger partial charge in [-0.3, -0.25) is 4.98 Å². The number of rotatable bonds is 12. The van der Waals surface area contributed by atoms with Crippen LogP contribution in [0, 0.1) is 0 Å². The van der Waals surface area contributed by atoms with Gasteiger partial charge in [0, 0.05) is 23.7 Å². The maximum atomic E-state index is 13.5. The van der Waals surface area contributed by atoms with Crippen LogP contribution < -0.4 is 5.32 Å². The Hall–Kier alpha value is -3.40. The van der Waals surface area contributed by atoms with E-state index in [1.807, 2.05) is 75.4 Å². The summed E-state index contributed by atoms with van der Waals surface area (Å²) in [6, 6.07) is 18.8. The van der Waals surface area contributed by atoms with Crippen LogP contribution in [0.5, 0.6) is 0 Å². The summed E-state index contributed by atoms with van der Waals surface area (Å²) in [4.78, 5) is 32.7. The quantitative estimate of drug-likeness (QED) is 0.154. The lowest BCUT2D eigenvalue weighted by Gasteiger charge is -2.40. The van der Waals surface area contributed by atoms with Crippen molar-refractivity contribution in [1.29, 1.82) is 0 Å². The summed E-state index contributed by atoms with van der Waals surface area (Å²) >= 11 is 6.39. The van der Waals surface area contributed by atoms with Gasteiger partial charge in [-0.15, -0.1) is 0 Å². The van der Waals surface area contributed by atoms with E-state index in [0.29, 0.717) is 35.1 Å². The highest BCUT2D eigenvalue weighted by Gasteiger charge is 2.40. The molecule has 1 heterocycles. The smallest absolute Gasteiger partial charge is 0.410 e. The minimum absolute atomic E-state index is 0.0440. The lowest BCUT2D eigenvalue weighted by molar-refractivity contribution is 0.0165. The van der Waals surface area contributed by atoms with Gasteiger partial charge < -0.3 is 24.1 Å². The van der Waals surface area contributed by atoms with Crippen molar-refractivity contribution in [3.63, 3.8) is 0 Å². The van der Waals surface area contributed by atoms with E-state index in [2.05, 4.69) is 44.2 Å². The highest BCUT2D eigenvalue weighted by molar-refractivity contribution is 6.74. The number of pyridine rings is 1. The second-order valence-corrected chi connectivity index (χ2v) is 18.7. The molecule has 0 bridgehead atoms. The van der Waals surface area contributed by atoms with Gasteiger partial charge in [-0.05, 0) is 69.6 Å². The van der Waals surface area contributed by atoms with Crippen LogP contribution in [0.25, 0.3) is 11.3 Å². The zero-order chi connectivity index (χ0) is 33.4. The summed E-state index contributed by atoms with van der Waals surface area (Å²) in [5, 5.41) is 3.89. The van der Waals surface area contributed by atoms with Crippen molar-refractivity contribution in [2.75, 3.05) is 31.6 Å². The molecule has 1 amide bonds. The number of carbonyl (C=O) groups is 2.